The summed E-state index contributed by atoms with van der Waals surface area (Å²) in [5.74, 6) is 0.403. The van der Waals surface area contributed by atoms with Crippen molar-refractivity contribution in [2.75, 3.05) is 0 Å². The fourth-order valence-corrected chi connectivity index (χ4v) is 0.810. The Morgan fingerprint density at radius 2 is 1.60 bits per heavy atom. The van der Waals surface area contributed by atoms with Crippen molar-refractivity contribution in [2.24, 2.45) is 0 Å². The van der Waals surface area contributed by atoms with E-state index in [2.05, 4.69) is 0 Å². The minimum atomic E-state index is 0.403. The van der Waals surface area contributed by atoms with Gasteiger partial charge in [-0.25, -0.2) is 20.4 Å². The van der Waals surface area contributed by atoms with Crippen molar-refractivity contribution in [2.45, 2.75) is 13.3 Å². The van der Waals surface area contributed by atoms with Crippen LogP contribution in [-0.4, -0.2) is 17.3 Å². The molecule has 0 aliphatic rings. The molecule has 5 nitrogen and oxygen atoms in total. The van der Waals surface area contributed by atoms with Crippen molar-refractivity contribution >= 4 is 12.2 Å². The Labute approximate surface area is 87.4 Å². The van der Waals surface area contributed by atoms with Crippen LogP contribution in [0.2, 0.25) is 0 Å². The molecule has 0 atom stereocenters. The zero-order chi connectivity index (χ0) is 12.1. The molecule has 80 valence electrons. The average molecular weight is 208 g/mol. The maximum atomic E-state index is 9.11. The normalized spacial score (nSPS) is 6.73. The Morgan fingerprint density at radius 1 is 1.20 bits per heavy atom. The molecular formula is C10H12N2O3. The van der Waals surface area contributed by atoms with Gasteiger partial charge >= 0.3 is 0 Å². The molecule has 1 aromatic carbocycles. The van der Waals surface area contributed by atoms with Gasteiger partial charge in [-0.3, -0.25) is 0 Å². The summed E-state index contributed by atoms with van der Waals surface area (Å²) in [7, 11) is 0. The molecule has 15 heavy (non-hydrogen) atoms. The minimum absolute atomic E-state index is 0.403. The molecule has 0 unspecified atom stereocenters. The highest BCUT2D eigenvalue weighted by Gasteiger charge is 1.92. The van der Waals surface area contributed by atoms with E-state index in [0.29, 0.717) is 5.75 Å². The lowest BCUT2D eigenvalue weighted by Gasteiger charge is -1.97. The highest BCUT2D eigenvalue weighted by Crippen LogP contribution is 2.14. The lowest BCUT2D eigenvalue weighted by atomic mass is 10.1. The minimum Gasteiger partial charge on any atom is -0.508 e. The molecule has 0 aliphatic carbocycles. The van der Waals surface area contributed by atoms with Crippen molar-refractivity contribution < 1.29 is 14.7 Å². The van der Waals surface area contributed by atoms with Crippen LogP contribution >= 0.6 is 0 Å². The number of phenolic OH excluding ortho intramolecular Hbond substituents is 1. The molecular weight excluding hydrogens is 196 g/mol. The SMILES string of the molecule is CCc1ccccc1O.N=C=O.N=C=O. The molecule has 1 rings (SSSR count). The molecule has 0 aromatic heterocycles. The van der Waals surface area contributed by atoms with Gasteiger partial charge in [0.15, 0.2) is 0 Å². The second kappa shape index (κ2) is 11.8. The predicted molar refractivity (Wildman–Crippen MR) is 54.3 cm³/mol. The molecule has 5 heteroatoms. The van der Waals surface area contributed by atoms with E-state index in [1.54, 1.807) is 6.07 Å². The number of isocyanates is 2. The van der Waals surface area contributed by atoms with E-state index in [9.17, 15) is 0 Å². The van der Waals surface area contributed by atoms with Crippen molar-refractivity contribution in [3.8, 4) is 5.75 Å². The summed E-state index contributed by atoms with van der Waals surface area (Å²) in [6.45, 7) is 2.02. The van der Waals surface area contributed by atoms with E-state index in [-0.39, 0.29) is 0 Å². The fraction of sp³-hybridized carbons (Fsp3) is 0.200. The highest BCUT2D eigenvalue weighted by atomic mass is 16.3. The molecule has 1 aromatic rings. The molecule has 3 N–H and O–H groups in total. The Kier molecular flexibility index (Phi) is 12.0. The number of para-hydroxylation sites is 1. The number of aryl methyl sites for hydroxylation is 1. The van der Waals surface area contributed by atoms with Crippen LogP contribution in [0.4, 0.5) is 0 Å². The van der Waals surface area contributed by atoms with Crippen LogP contribution in [0.25, 0.3) is 0 Å². The largest absolute Gasteiger partial charge is 0.508 e. The van der Waals surface area contributed by atoms with Gasteiger partial charge in [0.1, 0.15) is 5.75 Å². The number of nitrogens with one attached hydrogen (secondary N) is 2. The number of rotatable bonds is 1. The van der Waals surface area contributed by atoms with E-state index in [0.717, 1.165) is 24.1 Å². The zero-order valence-electron chi connectivity index (χ0n) is 8.28. The molecule has 0 radical (unpaired) electrons. The van der Waals surface area contributed by atoms with Crippen LogP contribution < -0.4 is 0 Å². The van der Waals surface area contributed by atoms with E-state index < -0.39 is 0 Å². The third kappa shape index (κ3) is 9.70. The smallest absolute Gasteiger partial charge is 0.231 e. The average Bonchev–Trinajstić information content (AvgIpc) is 2.21. The first kappa shape index (κ1) is 15.3. The number of carbonyl (C=O) groups excluding carboxylic acids is 2. The van der Waals surface area contributed by atoms with Crippen molar-refractivity contribution in [1.82, 2.24) is 0 Å². The van der Waals surface area contributed by atoms with Gasteiger partial charge in [-0.15, -0.1) is 0 Å². The Bertz CT molecular complexity index is 326. The van der Waals surface area contributed by atoms with Crippen LogP contribution in [0.3, 0.4) is 0 Å². The maximum absolute atomic E-state index is 9.11. The summed E-state index contributed by atoms with van der Waals surface area (Å²) in [5.41, 5.74) is 1.01. The summed E-state index contributed by atoms with van der Waals surface area (Å²) in [6, 6.07) is 7.39. The number of phenols is 1. The molecule has 0 saturated carbocycles. The quantitative estimate of drug-likeness (QED) is 0.484. The summed E-state index contributed by atoms with van der Waals surface area (Å²) in [4.78, 5) is 16.7. The van der Waals surface area contributed by atoms with Gasteiger partial charge in [0, 0.05) is 0 Å². The van der Waals surface area contributed by atoms with E-state index >= 15 is 0 Å². The first-order chi connectivity index (χ1) is 7.17. The predicted octanol–water partition coefficient (Wildman–Crippen LogP) is 1.76. The van der Waals surface area contributed by atoms with Crippen LogP contribution in [0.1, 0.15) is 12.5 Å². The highest BCUT2D eigenvalue weighted by molar-refractivity contribution is 5.31. The van der Waals surface area contributed by atoms with Gasteiger partial charge in [-0.05, 0) is 18.1 Å². The Hall–Kier alpha value is -2.22. The first-order valence-corrected chi connectivity index (χ1v) is 4.02. The monoisotopic (exact) mass is 208 g/mol. The molecule has 0 amide bonds. The zero-order valence-corrected chi connectivity index (χ0v) is 8.28. The standard InChI is InChI=1S/C8H10O.2CHNO/c1-2-7-5-3-4-6-8(7)9;2*2-1-3/h3-6,9H,2H2,1H3;2*2H. The number of benzene rings is 1. The Morgan fingerprint density at radius 3 is 1.87 bits per heavy atom. The topological polar surface area (TPSA) is 102 Å². The van der Waals surface area contributed by atoms with E-state index in [1.165, 1.54) is 0 Å². The molecule has 0 aliphatic heterocycles. The molecule has 0 spiro atoms. The van der Waals surface area contributed by atoms with Gasteiger partial charge in [0.05, 0.1) is 0 Å². The second-order valence-electron chi connectivity index (χ2n) is 2.19. The fourth-order valence-electron chi connectivity index (χ4n) is 0.810. The number of aromatic hydroxyl groups is 1. The van der Waals surface area contributed by atoms with Gasteiger partial charge in [0.2, 0.25) is 12.2 Å². The third-order valence-electron chi connectivity index (χ3n) is 1.37. The van der Waals surface area contributed by atoms with Gasteiger partial charge < -0.3 is 5.11 Å². The Balaban J connectivity index is 0. The van der Waals surface area contributed by atoms with Crippen LogP contribution in [0.15, 0.2) is 24.3 Å². The first-order valence-electron chi connectivity index (χ1n) is 4.02. The maximum Gasteiger partial charge on any atom is 0.231 e. The second-order valence-corrected chi connectivity index (χ2v) is 2.19. The summed E-state index contributed by atoms with van der Waals surface area (Å²) in [6.07, 6.45) is 2.40. The van der Waals surface area contributed by atoms with E-state index in [1.807, 2.05) is 25.1 Å². The van der Waals surface area contributed by atoms with Gasteiger partial charge in [0.25, 0.3) is 0 Å². The molecule has 0 heterocycles. The van der Waals surface area contributed by atoms with Gasteiger partial charge in [-0.2, -0.15) is 0 Å². The van der Waals surface area contributed by atoms with Crippen LogP contribution in [0.5, 0.6) is 5.75 Å². The molecule has 0 bridgehead atoms. The summed E-state index contributed by atoms with van der Waals surface area (Å²) in [5, 5.41) is 19.9. The van der Waals surface area contributed by atoms with Crippen LogP contribution in [-0.2, 0) is 16.0 Å². The number of hydrogen-bond donors (Lipinski definition) is 3. The van der Waals surface area contributed by atoms with Crippen LogP contribution in [0, 0.1) is 10.8 Å². The van der Waals surface area contributed by atoms with Gasteiger partial charge in [-0.1, -0.05) is 25.1 Å². The lowest BCUT2D eigenvalue weighted by Crippen LogP contribution is -1.77. The summed E-state index contributed by atoms with van der Waals surface area (Å²) < 4.78 is 0. The van der Waals surface area contributed by atoms with Crippen molar-refractivity contribution in [3.05, 3.63) is 29.8 Å². The lowest BCUT2D eigenvalue weighted by molar-refractivity contribution is 0.469. The molecule has 0 saturated heterocycles. The van der Waals surface area contributed by atoms with Crippen molar-refractivity contribution in [1.29, 1.82) is 10.8 Å². The van der Waals surface area contributed by atoms with Crippen molar-refractivity contribution in [3.63, 3.8) is 0 Å². The summed E-state index contributed by atoms with van der Waals surface area (Å²) >= 11 is 0. The van der Waals surface area contributed by atoms with E-state index in [4.69, 9.17) is 25.5 Å². The number of hydrogen-bond acceptors (Lipinski definition) is 5. The molecule has 0 fully saturated rings. The third-order valence-corrected chi connectivity index (χ3v) is 1.37.